The Bertz CT molecular complexity index is 343. The quantitative estimate of drug-likeness (QED) is 0.831. The van der Waals surface area contributed by atoms with Crippen molar-refractivity contribution in [1.29, 1.82) is 0 Å². The third-order valence-electron chi connectivity index (χ3n) is 3.21. The summed E-state index contributed by atoms with van der Waals surface area (Å²) < 4.78 is 0. The van der Waals surface area contributed by atoms with Crippen molar-refractivity contribution >= 4 is 0 Å². The van der Waals surface area contributed by atoms with Gasteiger partial charge in [0.05, 0.1) is 5.69 Å². The van der Waals surface area contributed by atoms with E-state index in [4.69, 9.17) is 5.73 Å². The van der Waals surface area contributed by atoms with Crippen molar-refractivity contribution in [3.05, 3.63) is 22.8 Å². The summed E-state index contributed by atoms with van der Waals surface area (Å²) in [6.07, 6.45) is 3.14. The molecule has 0 saturated heterocycles. The molecule has 0 aliphatic carbocycles. The SMILES string of the molecule is CCc1c(C)nc(C(CC)CC)nc1CN. The van der Waals surface area contributed by atoms with E-state index in [1.54, 1.807) is 0 Å². The zero-order valence-electron chi connectivity index (χ0n) is 10.9. The minimum atomic E-state index is 0.468. The van der Waals surface area contributed by atoms with Gasteiger partial charge < -0.3 is 5.73 Å². The van der Waals surface area contributed by atoms with Gasteiger partial charge in [-0.3, -0.25) is 0 Å². The standard InChI is InChI=1S/C13H23N3/c1-5-10(6-2)13-15-9(4)11(7-3)12(8-14)16-13/h10H,5-8,14H2,1-4H3. The highest BCUT2D eigenvalue weighted by atomic mass is 14.9. The van der Waals surface area contributed by atoms with E-state index in [2.05, 4.69) is 37.7 Å². The first-order chi connectivity index (χ1) is 7.67. The van der Waals surface area contributed by atoms with Crippen LogP contribution in [0.5, 0.6) is 0 Å². The van der Waals surface area contributed by atoms with Gasteiger partial charge in [0, 0.05) is 18.2 Å². The second kappa shape index (κ2) is 5.94. The predicted molar refractivity (Wildman–Crippen MR) is 67.4 cm³/mol. The highest BCUT2D eigenvalue weighted by Crippen LogP contribution is 2.22. The molecule has 0 unspecified atom stereocenters. The summed E-state index contributed by atoms with van der Waals surface area (Å²) >= 11 is 0. The highest BCUT2D eigenvalue weighted by Gasteiger charge is 2.14. The summed E-state index contributed by atoms with van der Waals surface area (Å²) in [5.41, 5.74) is 9.10. The van der Waals surface area contributed by atoms with Gasteiger partial charge in [0.15, 0.2) is 0 Å². The van der Waals surface area contributed by atoms with Gasteiger partial charge in [0.2, 0.25) is 0 Å². The fourth-order valence-electron chi connectivity index (χ4n) is 2.14. The maximum atomic E-state index is 5.76. The second-order valence-corrected chi connectivity index (χ2v) is 4.16. The van der Waals surface area contributed by atoms with E-state index >= 15 is 0 Å². The van der Waals surface area contributed by atoms with Gasteiger partial charge in [-0.1, -0.05) is 20.8 Å². The Morgan fingerprint density at radius 3 is 2.19 bits per heavy atom. The Labute approximate surface area is 98.5 Å². The number of rotatable bonds is 5. The van der Waals surface area contributed by atoms with Gasteiger partial charge in [-0.25, -0.2) is 9.97 Å². The molecule has 2 N–H and O–H groups in total. The van der Waals surface area contributed by atoms with Crippen molar-refractivity contribution in [2.75, 3.05) is 0 Å². The minimum absolute atomic E-state index is 0.468. The lowest BCUT2D eigenvalue weighted by Gasteiger charge is -2.15. The van der Waals surface area contributed by atoms with Crippen LogP contribution in [0, 0.1) is 6.92 Å². The van der Waals surface area contributed by atoms with Crippen molar-refractivity contribution in [3.63, 3.8) is 0 Å². The Kier molecular flexibility index (Phi) is 4.87. The number of aromatic nitrogens is 2. The lowest BCUT2D eigenvalue weighted by Crippen LogP contribution is -2.13. The molecule has 0 aliphatic heterocycles. The van der Waals surface area contributed by atoms with Crippen molar-refractivity contribution < 1.29 is 0 Å². The fourth-order valence-corrected chi connectivity index (χ4v) is 2.14. The zero-order valence-corrected chi connectivity index (χ0v) is 10.9. The molecule has 1 heterocycles. The Balaban J connectivity index is 3.19. The summed E-state index contributed by atoms with van der Waals surface area (Å²) in [4.78, 5) is 9.26. The maximum Gasteiger partial charge on any atom is 0.131 e. The summed E-state index contributed by atoms with van der Waals surface area (Å²) in [5, 5.41) is 0. The zero-order chi connectivity index (χ0) is 12.1. The number of aryl methyl sites for hydroxylation is 1. The van der Waals surface area contributed by atoms with E-state index in [-0.39, 0.29) is 0 Å². The van der Waals surface area contributed by atoms with E-state index in [1.807, 2.05) is 0 Å². The van der Waals surface area contributed by atoms with Gasteiger partial charge in [-0.15, -0.1) is 0 Å². The molecule has 0 saturated carbocycles. The molecule has 3 nitrogen and oxygen atoms in total. The molecule has 0 aromatic carbocycles. The average Bonchev–Trinajstić information content (AvgIpc) is 2.29. The fraction of sp³-hybridized carbons (Fsp3) is 0.692. The molecule has 1 aromatic heterocycles. The molecule has 0 amide bonds. The molecule has 16 heavy (non-hydrogen) atoms. The smallest absolute Gasteiger partial charge is 0.131 e. The third kappa shape index (κ3) is 2.59. The first kappa shape index (κ1) is 13.1. The largest absolute Gasteiger partial charge is 0.325 e. The molecule has 0 atom stereocenters. The normalized spacial score (nSPS) is 11.1. The van der Waals surface area contributed by atoms with Crippen molar-refractivity contribution in [3.8, 4) is 0 Å². The Morgan fingerprint density at radius 1 is 1.12 bits per heavy atom. The van der Waals surface area contributed by atoms with Crippen LogP contribution in [0.15, 0.2) is 0 Å². The second-order valence-electron chi connectivity index (χ2n) is 4.16. The predicted octanol–water partition coefficient (Wildman–Crippen LogP) is 2.71. The first-order valence-corrected chi connectivity index (χ1v) is 6.24. The first-order valence-electron chi connectivity index (χ1n) is 6.24. The lowest BCUT2D eigenvalue weighted by atomic mass is 10.0. The summed E-state index contributed by atoms with van der Waals surface area (Å²) in [5.74, 6) is 1.44. The highest BCUT2D eigenvalue weighted by molar-refractivity contribution is 5.26. The molecule has 0 bridgehead atoms. The summed E-state index contributed by atoms with van der Waals surface area (Å²) in [6, 6.07) is 0. The summed E-state index contributed by atoms with van der Waals surface area (Å²) in [6.45, 7) is 9.07. The van der Waals surface area contributed by atoms with Crippen molar-refractivity contribution in [2.45, 2.75) is 59.4 Å². The van der Waals surface area contributed by atoms with Crippen LogP contribution >= 0.6 is 0 Å². The minimum Gasteiger partial charge on any atom is -0.325 e. The Morgan fingerprint density at radius 2 is 1.75 bits per heavy atom. The molecular weight excluding hydrogens is 198 g/mol. The number of nitrogens with zero attached hydrogens (tertiary/aromatic N) is 2. The topological polar surface area (TPSA) is 51.8 Å². The van der Waals surface area contributed by atoms with Crippen LogP contribution in [-0.4, -0.2) is 9.97 Å². The van der Waals surface area contributed by atoms with Crippen molar-refractivity contribution in [1.82, 2.24) is 9.97 Å². The molecule has 0 fully saturated rings. The van der Waals surface area contributed by atoms with E-state index < -0.39 is 0 Å². The maximum absolute atomic E-state index is 5.76. The van der Waals surface area contributed by atoms with Crippen LogP contribution in [0.3, 0.4) is 0 Å². The number of hydrogen-bond donors (Lipinski definition) is 1. The van der Waals surface area contributed by atoms with Crippen LogP contribution in [0.2, 0.25) is 0 Å². The van der Waals surface area contributed by atoms with Gasteiger partial charge in [0.25, 0.3) is 0 Å². The van der Waals surface area contributed by atoms with E-state index in [0.29, 0.717) is 12.5 Å². The van der Waals surface area contributed by atoms with Crippen LogP contribution in [0.25, 0.3) is 0 Å². The molecule has 0 radical (unpaired) electrons. The van der Waals surface area contributed by atoms with Gasteiger partial charge in [-0.05, 0) is 31.7 Å². The third-order valence-corrected chi connectivity index (χ3v) is 3.21. The van der Waals surface area contributed by atoms with Crippen LogP contribution in [0.1, 0.15) is 62.3 Å². The van der Waals surface area contributed by atoms with Crippen molar-refractivity contribution in [2.24, 2.45) is 5.73 Å². The molecule has 0 spiro atoms. The molecule has 3 heteroatoms. The van der Waals surface area contributed by atoms with Gasteiger partial charge in [0.1, 0.15) is 5.82 Å². The van der Waals surface area contributed by atoms with Gasteiger partial charge >= 0.3 is 0 Å². The molecule has 0 aliphatic rings. The van der Waals surface area contributed by atoms with E-state index in [9.17, 15) is 0 Å². The molecule has 1 aromatic rings. The van der Waals surface area contributed by atoms with Gasteiger partial charge in [-0.2, -0.15) is 0 Å². The van der Waals surface area contributed by atoms with Crippen LogP contribution in [0.4, 0.5) is 0 Å². The average molecular weight is 221 g/mol. The monoisotopic (exact) mass is 221 g/mol. The molecule has 1 rings (SSSR count). The Hall–Kier alpha value is -0.960. The van der Waals surface area contributed by atoms with Crippen LogP contribution in [-0.2, 0) is 13.0 Å². The van der Waals surface area contributed by atoms with E-state index in [0.717, 1.165) is 36.5 Å². The van der Waals surface area contributed by atoms with Crippen LogP contribution < -0.4 is 5.73 Å². The molecule has 90 valence electrons. The van der Waals surface area contributed by atoms with E-state index in [1.165, 1.54) is 5.56 Å². The lowest BCUT2D eigenvalue weighted by molar-refractivity contribution is 0.592. The molecular formula is C13H23N3. The number of nitrogens with two attached hydrogens (primary N) is 1. The number of hydrogen-bond acceptors (Lipinski definition) is 3. The summed E-state index contributed by atoms with van der Waals surface area (Å²) in [7, 11) is 0.